The second kappa shape index (κ2) is 6.36. The van der Waals surface area contributed by atoms with Crippen LogP contribution in [0.3, 0.4) is 0 Å². The first kappa shape index (κ1) is 13.6. The molecule has 1 aromatic rings. The van der Waals surface area contributed by atoms with E-state index in [0.29, 0.717) is 6.10 Å². The Morgan fingerprint density at radius 2 is 2.33 bits per heavy atom. The first-order valence-electron chi connectivity index (χ1n) is 6.79. The molecular weight excluding hydrogens is 228 g/mol. The summed E-state index contributed by atoms with van der Waals surface area (Å²) in [5, 5.41) is 0. The van der Waals surface area contributed by atoms with E-state index >= 15 is 0 Å². The predicted octanol–water partition coefficient (Wildman–Crippen LogP) is 2.17. The van der Waals surface area contributed by atoms with Crippen LogP contribution in [-0.4, -0.2) is 37.2 Å². The monoisotopic (exact) mass is 252 g/mol. The van der Waals surface area contributed by atoms with Gasteiger partial charge in [0.1, 0.15) is 5.76 Å². The van der Waals surface area contributed by atoms with E-state index in [1.54, 1.807) is 6.26 Å². The summed E-state index contributed by atoms with van der Waals surface area (Å²) in [6, 6.07) is 4.05. The van der Waals surface area contributed by atoms with Gasteiger partial charge in [0.05, 0.1) is 18.4 Å². The van der Waals surface area contributed by atoms with Crippen molar-refractivity contribution in [3.63, 3.8) is 0 Å². The Morgan fingerprint density at radius 1 is 1.50 bits per heavy atom. The molecule has 0 bridgehead atoms. The fourth-order valence-corrected chi connectivity index (χ4v) is 2.72. The van der Waals surface area contributed by atoms with Crippen LogP contribution in [0, 0.1) is 0 Å². The summed E-state index contributed by atoms with van der Waals surface area (Å²) in [6.07, 6.45) is 5.64. The molecule has 0 radical (unpaired) electrons. The van der Waals surface area contributed by atoms with Gasteiger partial charge in [0.15, 0.2) is 0 Å². The average Bonchev–Trinajstić information content (AvgIpc) is 2.83. The lowest BCUT2D eigenvalue weighted by Crippen LogP contribution is -2.42. The number of hydrogen-bond acceptors (Lipinski definition) is 4. The van der Waals surface area contributed by atoms with Gasteiger partial charge in [0, 0.05) is 19.2 Å². The zero-order valence-electron chi connectivity index (χ0n) is 11.3. The lowest BCUT2D eigenvalue weighted by molar-refractivity contribution is -0.0115. The number of nitrogens with zero attached hydrogens (tertiary/aromatic N) is 1. The second-order valence-electron chi connectivity index (χ2n) is 5.25. The van der Waals surface area contributed by atoms with E-state index < -0.39 is 0 Å². The fourth-order valence-electron chi connectivity index (χ4n) is 2.72. The quantitative estimate of drug-likeness (QED) is 0.872. The Balaban J connectivity index is 1.97. The number of hydrogen-bond donors (Lipinski definition) is 1. The van der Waals surface area contributed by atoms with Crippen LogP contribution in [0.15, 0.2) is 22.8 Å². The molecule has 102 valence electrons. The Bertz CT molecular complexity index is 332. The summed E-state index contributed by atoms with van der Waals surface area (Å²) in [4.78, 5) is 2.25. The summed E-state index contributed by atoms with van der Waals surface area (Å²) < 4.78 is 11.3. The SMILES string of the molecule is CC(N)C(c1ccco1)N(C)CC1CCCCO1. The van der Waals surface area contributed by atoms with E-state index in [9.17, 15) is 0 Å². The van der Waals surface area contributed by atoms with E-state index in [0.717, 1.165) is 25.3 Å². The average molecular weight is 252 g/mol. The second-order valence-corrected chi connectivity index (χ2v) is 5.25. The summed E-state index contributed by atoms with van der Waals surface area (Å²) in [5.74, 6) is 0.934. The van der Waals surface area contributed by atoms with Crippen LogP contribution in [0.1, 0.15) is 38.0 Å². The van der Waals surface area contributed by atoms with E-state index in [1.165, 1.54) is 12.8 Å². The molecule has 1 aliphatic heterocycles. The lowest BCUT2D eigenvalue weighted by Gasteiger charge is -2.33. The Labute approximate surface area is 109 Å². The lowest BCUT2D eigenvalue weighted by atomic mass is 10.0. The van der Waals surface area contributed by atoms with Crippen LogP contribution < -0.4 is 5.73 Å². The molecule has 18 heavy (non-hydrogen) atoms. The van der Waals surface area contributed by atoms with Crippen molar-refractivity contribution in [2.45, 2.75) is 44.4 Å². The minimum Gasteiger partial charge on any atom is -0.468 e. The number of likely N-dealkylation sites (N-methyl/N-ethyl adjacent to an activating group) is 1. The van der Waals surface area contributed by atoms with Gasteiger partial charge in [-0.25, -0.2) is 0 Å². The standard InChI is InChI=1S/C14H24N2O2/c1-11(15)14(13-7-5-9-18-13)16(2)10-12-6-3-4-8-17-12/h5,7,9,11-12,14H,3-4,6,8,10,15H2,1-2H3. The smallest absolute Gasteiger partial charge is 0.122 e. The van der Waals surface area contributed by atoms with Crippen molar-refractivity contribution in [3.05, 3.63) is 24.2 Å². The summed E-state index contributed by atoms with van der Waals surface area (Å²) in [5.41, 5.74) is 6.09. The van der Waals surface area contributed by atoms with Crippen molar-refractivity contribution in [1.82, 2.24) is 4.90 Å². The van der Waals surface area contributed by atoms with Crippen molar-refractivity contribution < 1.29 is 9.15 Å². The van der Waals surface area contributed by atoms with Crippen molar-refractivity contribution in [2.75, 3.05) is 20.2 Å². The number of ether oxygens (including phenoxy) is 1. The molecule has 0 spiro atoms. The van der Waals surface area contributed by atoms with Crippen LogP contribution in [0.4, 0.5) is 0 Å². The van der Waals surface area contributed by atoms with Gasteiger partial charge in [-0.1, -0.05) is 0 Å². The van der Waals surface area contributed by atoms with Gasteiger partial charge in [0.2, 0.25) is 0 Å². The van der Waals surface area contributed by atoms with Gasteiger partial charge in [0.25, 0.3) is 0 Å². The third-order valence-electron chi connectivity index (χ3n) is 3.57. The molecule has 0 saturated carbocycles. The van der Waals surface area contributed by atoms with Crippen molar-refractivity contribution >= 4 is 0 Å². The third kappa shape index (κ3) is 3.34. The number of furan rings is 1. The first-order chi connectivity index (χ1) is 8.68. The highest BCUT2D eigenvalue weighted by atomic mass is 16.5. The zero-order chi connectivity index (χ0) is 13.0. The molecule has 2 rings (SSSR count). The largest absolute Gasteiger partial charge is 0.468 e. The molecular formula is C14H24N2O2. The summed E-state index contributed by atoms with van der Waals surface area (Å²) in [7, 11) is 2.09. The van der Waals surface area contributed by atoms with Crippen LogP contribution in [-0.2, 0) is 4.74 Å². The maximum Gasteiger partial charge on any atom is 0.122 e. The molecule has 1 fully saturated rings. The Morgan fingerprint density at radius 3 is 2.89 bits per heavy atom. The van der Waals surface area contributed by atoms with Crippen molar-refractivity contribution in [2.24, 2.45) is 5.73 Å². The Hall–Kier alpha value is -0.840. The molecule has 4 heteroatoms. The van der Waals surface area contributed by atoms with Crippen LogP contribution in [0.25, 0.3) is 0 Å². The van der Waals surface area contributed by atoms with Gasteiger partial charge in [-0.15, -0.1) is 0 Å². The highest BCUT2D eigenvalue weighted by molar-refractivity contribution is 5.07. The molecule has 1 aromatic heterocycles. The van der Waals surface area contributed by atoms with Gasteiger partial charge >= 0.3 is 0 Å². The topological polar surface area (TPSA) is 51.6 Å². The molecule has 3 atom stereocenters. The highest BCUT2D eigenvalue weighted by Gasteiger charge is 2.26. The molecule has 2 N–H and O–H groups in total. The zero-order valence-corrected chi connectivity index (χ0v) is 11.3. The van der Waals surface area contributed by atoms with Crippen molar-refractivity contribution in [3.8, 4) is 0 Å². The van der Waals surface area contributed by atoms with Crippen LogP contribution >= 0.6 is 0 Å². The molecule has 2 heterocycles. The minimum atomic E-state index is 0.0322. The van der Waals surface area contributed by atoms with Gasteiger partial charge in [-0.05, 0) is 45.4 Å². The van der Waals surface area contributed by atoms with Gasteiger partial charge in [-0.3, -0.25) is 4.90 Å². The molecule has 4 nitrogen and oxygen atoms in total. The number of rotatable bonds is 5. The molecule has 1 aliphatic rings. The minimum absolute atomic E-state index is 0.0322. The van der Waals surface area contributed by atoms with Crippen LogP contribution in [0.5, 0.6) is 0 Å². The normalized spacial score (nSPS) is 24.1. The third-order valence-corrected chi connectivity index (χ3v) is 3.57. The first-order valence-corrected chi connectivity index (χ1v) is 6.79. The molecule has 1 saturated heterocycles. The molecule has 0 amide bonds. The van der Waals surface area contributed by atoms with Gasteiger partial charge in [-0.2, -0.15) is 0 Å². The predicted molar refractivity (Wildman–Crippen MR) is 71.3 cm³/mol. The maximum atomic E-state index is 6.09. The van der Waals surface area contributed by atoms with Gasteiger partial charge < -0.3 is 14.9 Å². The number of nitrogens with two attached hydrogens (primary N) is 1. The Kier molecular flexibility index (Phi) is 4.80. The van der Waals surface area contributed by atoms with E-state index in [1.807, 2.05) is 19.1 Å². The molecule has 0 aliphatic carbocycles. The van der Waals surface area contributed by atoms with E-state index in [-0.39, 0.29) is 12.1 Å². The van der Waals surface area contributed by atoms with Crippen LogP contribution in [0.2, 0.25) is 0 Å². The summed E-state index contributed by atoms with van der Waals surface area (Å²) >= 11 is 0. The highest BCUT2D eigenvalue weighted by Crippen LogP contribution is 2.24. The summed E-state index contributed by atoms with van der Waals surface area (Å²) in [6.45, 7) is 3.82. The fraction of sp³-hybridized carbons (Fsp3) is 0.714. The van der Waals surface area contributed by atoms with E-state index in [4.69, 9.17) is 14.9 Å². The van der Waals surface area contributed by atoms with Crippen molar-refractivity contribution in [1.29, 1.82) is 0 Å². The molecule has 0 aromatic carbocycles. The van der Waals surface area contributed by atoms with E-state index in [2.05, 4.69) is 11.9 Å². The maximum absolute atomic E-state index is 6.09. The molecule has 3 unspecified atom stereocenters.